The second kappa shape index (κ2) is 5.89. The van der Waals surface area contributed by atoms with Crippen molar-refractivity contribution in [2.45, 2.75) is 26.8 Å². The molecule has 0 heterocycles. The second-order valence-electron chi connectivity index (χ2n) is 4.89. The minimum Gasteiger partial charge on any atom is -0.345 e. The molecule has 0 aliphatic carbocycles. The van der Waals surface area contributed by atoms with Gasteiger partial charge in [-0.15, -0.1) is 0 Å². The molecule has 2 N–H and O–H groups in total. The van der Waals surface area contributed by atoms with Crippen molar-refractivity contribution in [3.63, 3.8) is 0 Å². The molecule has 0 aliphatic rings. The normalized spacial score (nSPS) is 10.5. The fourth-order valence-electron chi connectivity index (χ4n) is 2.22. The van der Waals surface area contributed by atoms with Crippen molar-refractivity contribution in [3.8, 4) is 0 Å². The molecule has 0 aromatic heterocycles. The molecular weight excluding hydrogens is 232 g/mol. The zero-order valence-corrected chi connectivity index (χ0v) is 12.0. The molecule has 0 unspecified atom stereocenters. The number of hydrogen-bond acceptors (Lipinski definition) is 2. The zero-order valence-electron chi connectivity index (χ0n) is 12.0. The predicted molar refractivity (Wildman–Crippen MR) is 83.0 cm³/mol. The monoisotopic (exact) mass is 254 g/mol. The van der Waals surface area contributed by atoms with Gasteiger partial charge >= 0.3 is 0 Å². The third-order valence-electron chi connectivity index (χ3n) is 3.67. The Hall–Kier alpha value is -1.80. The van der Waals surface area contributed by atoms with Crippen LogP contribution in [0.4, 0.5) is 11.4 Å². The van der Waals surface area contributed by atoms with Crippen LogP contribution in [-0.2, 0) is 13.0 Å². The summed E-state index contributed by atoms with van der Waals surface area (Å²) in [5, 5.41) is 0. The highest BCUT2D eigenvalue weighted by molar-refractivity contribution is 5.63. The van der Waals surface area contributed by atoms with E-state index in [4.69, 9.17) is 5.73 Å². The molecule has 19 heavy (non-hydrogen) atoms. The van der Waals surface area contributed by atoms with E-state index in [-0.39, 0.29) is 0 Å². The molecule has 0 saturated carbocycles. The first-order chi connectivity index (χ1) is 9.15. The maximum atomic E-state index is 5.71. The predicted octanol–water partition coefficient (Wildman–Crippen LogP) is 3.78. The molecule has 100 valence electrons. The molecule has 0 amide bonds. The molecule has 0 aliphatic heterocycles. The Morgan fingerprint density at radius 3 is 2.16 bits per heavy atom. The maximum absolute atomic E-state index is 5.71. The molecule has 0 fully saturated rings. The van der Waals surface area contributed by atoms with Gasteiger partial charge < -0.3 is 10.6 Å². The van der Waals surface area contributed by atoms with Crippen LogP contribution >= 0.6 is 0 Å². The second-order valence-corrected chi connectivity index (χ2v) is 4.89. The number of hydrogen-bond donors (Lipinski definition) is 1. The maximum Gasteiger partial charge on any atom is 0.0410 e. The molecule has 2 aromatic carbocycles. The molecule has 0 atom stereocenters. The van der Waals surface area contributed by atoms with E-state index in [0.29, 0.717) is 6.54 Å². The minimum absolute atomic E-state index is 0.598. The Morgan fingerprint density at radius 1 is 1.00 bits per heavy atom. The third kappa shape index (κ3) is 2.96. The summed E-state index contributed by atoms with van der Waals surface area (Å²) < 4.78 is 0. The van der Waals surface area contributed by atoms with E-state index in [0.717, 1.165) is 6.42 Å². The van der Waals surface area contributed by atoms with Crippen molar-refractivity contribution in [1.82, 2.24) is 0 Å². The number of nitrogens with two attached hydrogens (primary N) is 1. The van der Waals surface area contributed by atoms with Gasteiger partial charge in [0.05, 0.1) is 0 Å². The summed E-state index contributed by atoms with van der Waals surface area (Å²) in [7, 11) is 2.10. The highest BCUT2D eigenvalue weighted by atomic mass is 15.1. The summed E-state index contributed by atoms with van der Waals surface area (Å²) in [6, 6.07) is 15.1. The fraction of sp³-hybridized carbons (Fsp3) is 0.294. The zero-order chi connectivity index (χ0) is 13.8. The number of anilines is 2. The molecule has 0 spiro atoms. The van der Waals surface area contributed by atoms with E-state index >= 15 is 0 Å². The van der Waals surface area contributed by atoms with Gasteiger partial charge in [-0.1, -0.05) is 25.1 Å². The highest BCUT2D eigenvalue weighted by Crippen LogP contribution is 2.25. The first kappa shape index (κ1) is 13.6. The molecule has 2 aromatic rings. The lowest BCUT2D eigenvalue weighted by atomic mass is 10.1. The average molecular weight is 254 g/mol. The third-order valence-corrected chi connectivity index (χ3v) is 3.67. The van der Waals surface area contributed by atoms with Crippen molar-refractivity contribution in [2.75, 3.05) is 11.9 Å². The number of benzene rings is 2. The molecule has 0 bridgehead atoms. The van der Waals surface area contributed by atoms with E-state index in [1.165, 1.54) is 28.1 Å². The van der Waals surface area contributed by atoms with Gasteiger partial charge in [0.25, 0.3) is 0 Å². The average Bonchev–Trinajstić information content (AvgIpc) is 2.46. The molecule has 2 rings (SSSR count). The van der Waals surface area contributed by atoms with Gasteiger partial charge in [-0.2, -0.15) is 0 Å². The minimum atomic E-state index is 0.598. The van der Waals surface area contributed by atoms with Crippen molar-refractivity contribution in [2.24, 2.45) is 5.73 Å². The van der Waals surface area contributed by atoms with Crippen LogP contribution in [0.5, 0.6) is 0 Å². The molecule has 0 saturated heterocycles. The summed E-state index contributed by atoms with van der Waals surface area (Å²) >= 11 is 0. The molecule has 2 nitrogen and oxygen atoms in total. The van der Waals surface area contributed by atoms with Crippen molar-refractivity contribution in [3.05, 3.63) is 59.2 Å². The smallest absolute Gasteiger partial charge is 0.0410 e. The van der Waals surface area contributed by atoms with Crippen LogP contribution in [0.3, 0.4) is 0 Å². The van der Waals surface area contributed by atoms with Crippen LogP contribution in [0, 0.1) is 6.92 Å². The van der Waals surface area contributed by atoms with Crippen LogP contribution in [0.1, 0.15) is 23.6 Å². The lowest BCUT2D eigenvalue weighted by Crippen LogP contribution is -2.10. The Balaban J connectivity index is 2.27. The van der Waals surface area contributed by atoms with Crippen LogP contribution in [0.25, 0.3) is 0 Å². The van der Waals surface area contributed by atoms with E-state index in [1.54, 1.807) is 0 Å². The summed E-state index contributed by atoms with van der Waals surface area (Å²) in [6.45, 7) is 4.88. The summed E-state index contributed by atoms with van der Waals surface area (Å²) in [5.74, 6) is 0. The van der Waals surface area contributed by atoms with E-state index < -0.39 is 0 Å². The number of nitrogens with zero attached hydrogens (tertiary/aromatic N) is 1. The topological polar surface area (TPSA) is 29.3 Å². The molecule has 0 radical (unpaired) electrons. The standard InChI is InChI=1S/C17H22N2/c1-4-14-5-8-16(9-6-14)19(3)17-10-7-15(12-18)13(2)11-17/h5-11H,4,12,18H2,1-3H3. The van der Waals surface area contributed by atoms with Crippen molar-refractivity contribution >= 4 is 11.4 Å². The molecule has 2 heteroatoms. The van der Waals surface area contributed by atoms with E-state index in [1.807, 2.05) is 0 Å². The highest BCUT2D eigenvalue weighted by Gasteiger charge is 2.05. The Bertz CT molecular complexity index is 544. The van der Waals surface area contributed by atoms with Crippen molar-refractivity contribution in [1.29, 1.82) is 0 Å². The molecular formula is C17H22N2. The van der Waals surface area contributed by atoms with Gasteiger partial charge in [0.15, 0.2) is 0 Å². The lowest BCUT2D eigenvalue weighted by molar-refractivity contribution is 1.04. The number of aryl methyl sites for hydroxylation is 2. The van der Waals surface area contributed by atoms with Crippen molar-refractivity contribution < 1.29 is 0 Å². The summed E-state index contributed by atoms with van der Waals surface area (Å²) in [4.78, 5) is 2.20. The van der Waals surface area contributed by atoms with Gasteiger partial charge in [-0.05, 0) is 54.3 Å². The van der Waals surface area contributed by atoms with Crippen LogP contribution < -0.4 is 10.6 Å². The first-order valence-electron chi connectivity index (χ1n) is 6.78. The number of rotatable bonds is 4. The van der Waals surface area contributed by atoms with Crippen LogP contribution in [0.2, 0.25) is 0 Å². The van der Waals surface area contributed by atoms with E-state index in [9.17, 15) is 0 Å². The Labute approximate surface area is 115 Å². The van der Waals surface area contributed by atoms with Gasteiger partial charge in [0, 0.05) is 25.0 Å². The Morgan fingerprint density at radius 2 is 1.63 bits per heavy atom. The van der Waals surface area contributed by atoms with Crippen LogP contribution in [-0.4, -0.2) is 7.05 Å². The fourth-order valence-corrected chi connectivity index (χ4v) is 2.22. The van der Waals surface area contributed by atoms with Gasteiger partial charge in [0.1, 0.15) is 0 Å². The Kier molecular flexibility index (Phi) is 4.23. The van der Waals surface area contributed by atoms with Gasteiger partial charge in [-0.3, -0.25) is 0 Å². The summed E-state index contributed by atoms with van der Waals surface area (Å²) in [6.07, 6.45) is 1.08. The van der Waals surface area contributed by atoms with Crippen LogP contribution in [0.15, 0.2) is 42.5 Å². The lowest BCUT2D eigenvalue weighted by Gasteiger charge is -2.21. The van der Waals surface area contributed by atoms with Gasteiger partial charge in [0.2, 0.25) is 0 Å². The largest absolute Gasteiger partial charge is 0.345 e. The van der Waals surface area contributed by atoms with E-state index in [2.05, 4.69) is 68.3 Å². The quantitative estimate of drug-likeness (QED) is 0.899. The first-order valence-corrected chi connectivity index (χ1v) is 6.78. The SMILES string of the molecule is CCc1ccc(N(C)c2ccc(CN)c(C)c2)cc1. The summed E-state index contributed by atoms with van der Waals surface area (Å²) in [5.41, 5.74) is 11.9. The van der Waals surface area contributed by atoms with Gasteiger partial charge in [-0.25, -0.2) is 0 Å².